The van der Waals surface area contributed by atoms with Crippen LogP contribution in [0.25, 0.3) is 0 Å². The highest BCUT2D eigenvalue weighted by Gasteiger charge is 1.99. The highest BCUT2D eigenvalue weighted by atomic mass is 16.1. The van der Waals surface area contributed by atoms with Crippen molar-refractivity contribution in [3.05, 3.63) is 12.3 Å². The van der Waals surface area contributed by atoms with Crippen LogP contribution < -0.4 is 10.6 Å². The van der Waals surface area contributed by atoms with Crippen molar-refractivity contribution in [1.82, 2.24) is 10.6 Å². The molecule has 0 saturated carbocycles. The Balaban J connectivity index is 2.41. The van der Waals surface area contributed by atoms with E-state index in [1.165, 1.54) is 6.92 Å². The van der Waals surface area contributed by atoms with Crippen LogP contribution in [0.15, 0.2) is 17.3 Å². The first-order chi connectivity index (χ1) is 4.79. The van der Waals surface area contributed by atoms with Gasteiger partial charge in [-0.15, -0.1) is 0 Å². The summed E-state index contributed by atoms with van der Waals surface area (Å²) in [6.45, 7) is 2.07. The largest absolute Gasteiger partial charge is 0.333 e. The topological polar surface area (TPSA) is 53.5 Å². The van der Waals surface area contributed by atoms with Crippen LogP contribution in [-0.4, -0.2) is 18.4 Å². The van der Waals surface area contributed by atoms with Gasteiger partial charge in [0.2, 0.25) is 11.9 Å². The van der Waals surface area contributed by atoms with E-state index in [2.05, 4.69) is 15.6 Å². The van der Waals surface area contributed by atoms with Gasteiger partial charge in [0.05, 0.1) is 6.54 Å². The second-order valence-corrected chi connectivity index (χ2v) is 1.92. The molecule has 4 nitrogen and oxygen atoms in total. The second kappa shape index (κ2) is 3.00. The molecule has 1 rings (SSSR count). The summed E-state index contributed by atoms with van der Waals surface area (Å²) in [4.78, 5) is 14.4. The summed E-state index contributed by atoms with van der Waals surface area (Å²) < 4.78 is 0. The number of nitrogens with one attached hydrogen (secondary N) is 2. The van der Waals surface area contributed by atoms with Crippen molar-refractivity contribution in [2.24, 2.45) is 4.99 Å². The Hall–Kier alpha value is -1.32. The van der Waals surface area contributed by atoms with Crippen LogP contribution in [-0.2, 0) is 4.79 Å². The molecule has 0 atom stereocenters. The highest BCUT2D eigenvalue weighted by molar-refractivity contribution is 5.96. The predicted molar refractivity (Wildman–Crippen MR) is 38.4 cm³/mol. The van der Waals surface area contributed by atoms with Crippen LogP contribution in [0.1, 0.15) is 6.92 Å². The molecule has 0 bridgehead atoms. The Morgan fingerprint density at radius 2 is 2.70 bits per heavy atom. The first-order valence-corrected chi connectivity index (χ1v) is 3.02. The first kappa shape index (κ1) is 6.80. The van der Waals surface area contributed by atoms with E-state index in [9.17, 15) is 4.79 Å². The molecule has 0 spiro atoms. The summed E-state index contributed by atoms with van der Waals surface area (Å²) in [6.07, 6.45) is 3.61. The zero-order valence-corrected chi connectivity index (χ0v) is 5.72. The molecule has 0 radical (unpaired) electrons. The third-order valence-electron chi connectivity index (χ3n) is 0.987. The summed E-state index contributed by atoms with van der Waals surface area (Å²) >= 11 is 0. The van der Waals surface area contributed by atoms with E-state index in [4.69, 9.17) is 0 Å². The molecule has 54 valence electrons. The Morgan fingerprint density at radius 3 is 3.20 bits per heavy atom. The van der Waals surface area contributed by atoms with Crippen molar-refractivity contribution >= 4 is 11.9 Å². The maximum atomic E-state index is 10.5. The smallest absolute Gasteiger partial charge is 0.223 e. The Kier molecular flexibility index (Phi) is 2.04. The number of amides is 1. The molecule has 0 aromatic carbocycles. The first-order valence-electron chi connectivity index (χ1n) is 3.02. The third kappa shape index (κ3) is 1.89. The Morgan fingerprint density at radius 1 is 1.90 bits per heavy atom. The summed E-state index contributed by atoms with van der Waals surface area (Å²) in [7, 11) is 0. The van der Waals surface area contributed by atoms with Crippen molar-refractivity contribution in [3.63, 3.8) is 0 Å². The average Bonchev–Trinajstić information content (AvgIpc) is 1.88. The van der Waals surface area contributed by atoms with Gasteiger partial charge in [-0.05, 0) is 6.08 Å². The van der Waals surface area contributed by atoms with Gasteiger partial charge in [0, 0.05) is 13.1 Å². The molecule has 1 aliphatic heterocycles. The zero-order valence-electron chi connectivity index (χ0n) is 5.72. The lowest BCUT2D eigenvalue weighted by Crippen LogP contribution is -2.38. The van der Waals surface area contributed by atoms with Crippen LogP contribution in [0, 0.1) is 0 Å². The lowest BCUT2D eigenvalue weighted by Gasteiger charge is -2.08. The number of hydrogen-bond acceptors (Lipinski definition) is 3. The second-order valence-electron chi connectivity index (χ2n) is 1.92. The van der Waals surface area contributed by atoms with Gasteiger partial charge in [-0.3, -0.25) is 10.1 Å². The summed E-state index contributed by atoms with van der Waals surface area (Å²) in [5.41, 5.74) is 0. The number of carbonyl (C=O) groups is 1. The van der Waals surface area contributed by atoms with E-state index in [1.54, 1.807) is 6.20 Å². The van der Waals surface area contributed by atoms with Gasteiger partial charge >= 0.3 is 0 Å². The van der Waals surface area contributed by atoms with Crippen molar-refractivity contribution in [1.29, 1.82) is 0 Å². The molecule has 2 N–H and O–H groups in total. The molecule has 0 saturated heterocycles. The van der Waals surface area contributed by atoms with Gasteiger partial charge in [0.1, 0.15) is 0 Å². The minimum atomic E-state index is -0.110. The van der Waals surface area contributed by atoms with Gasteiger partial charge in [-0.2, -0.15) is 0 Å². The van der Waals surface area contributed by atoms with Gasteiger partial charge in [-0.25, -0.2) is 4.99 Å². The summed E-state index contributed by atoms with van der Waals surface area (Å²) in [5.74, 6) is 0.413. The maximum absolute atomic E-state index is 10.5. The number of guanidine groups is 1. The molecule has 1 heterocycles. The summed E-state index contributed by atoms with van der Waals surface area (Å²) in [6, 6.07) is 0. The van der Waals surface area contributed by atoms with Crippen molar-refractivity contribution in [2.75, 3.05) is 6.54 Å². The number of nitrogens with zero attached hydrogens (tertiary/aromatic N) is 1. The van der Waals surface area contributed by atoms with Crippen LogP contribution in [0.5, 0.6) is 0 Å². The number of hydrogen-bond donors (Lipinski definition) is 2. The van der Waals surface area contributed by atoms with Crippen molar-refractivity contribution in [2.45, 2.75) is 6.92 Å². The third-order valence-corrected chi connectivity index (χ3v) is 0.987. The molecule has 4 heteroatoms. The van der Waals surface area contributed by atoms with Crippen LogP contribution in [0.4, 0.5) is 0 Å². The number of aliphatic imine (C=N–C) groups is 1. The molecule has 0 aromatic heterocycles. The van der Waals surface area contributed by atoms with E-state index < -0.39 is 0 Å². The normalized spacial score (nSPS) is 15.5. The SMILES string of the molecule is CC(=O)NC1=NCC=CN1. The minimum absolute atomic E-state index is 0.110. The monoisotopic (exact) mass is 139 g/mol. The molecular formula is C6H9N3O. The van der Waals surface area contributed by atoms with E-state index in [0.717, 1.165) is 0 Å². The fourth-order valence-corrected chi connectivity index (χ4v) is 0.623. The molecule has 0 unspecified atom stereocenters. The van der Waals surface area contributed by atoms with Gasteiger partial charge in [0.25, 0.3) is 0 Å². The fraction of sp³-hybridized carbons (Fsp3) is 0.333. The molecule has 0 aromatic rings. The van der Waals surface area contributed by atoms with Gasteiger partial charge in [0.15, 0.2) is 0 Å². The standard InChI is InChI=1S/C6H9N3O/c1-5(10)9-6-7-3-2-4-8-6/h2-3H,4H2,1H3,(H2,7,8,9,10). The highest BCUT2D eigenvalue weighted by Crippen LogP contribution is 1.81. The van der Waals surface area contributed by atoms with E-state index in [1.807, 2.05) is 6.08 Å². The van der Waals surface area contributed by atoms with E-state index >= 15 is 0 Å². The van der Waals surface area contributed by atoms with Crippen LogP contribution in [0.2, 0.25) is 0 Å². The Bertz CT molecular complexity index is 195. The quantitative estimate of drug-likeness (QED) is 0.479. The van der Waals surface area contributed by atoms with E-state index in [0.29, 0.717) is 12.5 Å². The lowest BCUT2D eigenvalue weighted by molar-refractivity contribution is -0.117. The molecule has 0 fully saturated rings. The molecular weight excluding hydrogens is 130 g/mol. The minimum Gasteiger partial charge on any atom is -0.333 e. The predicted octanol–water partition coefficient (Wildman–Crippen LogP) is -0.405. The fourth-order valence-electron chi connectivity index (χ4n) is 0.623. The summed E-state index contributed by atoms with van der Waals surface area (Å²) in [5, 5.41) is 5.32. The number of carbonyl (C=O) groups excluding carboxylic acids is 1. The van der Waals surface area contributed by atoms with Gasteiger partial charge < -0.3 is 5.32 Å². The molecule has 10 heavy (non-hydrogen) atoms. The number of rotatable bonds is 0. The molecule has 0 aliphatic carbocycles. The molecule has 1 aliphatic rings. The maximum Gasteiger partial charge on any atom is 0.223 e. The lowest BCUT2D eigenvalue weighted by atomic mass is 10.5. The van der Waals surface area contributed by atoms with Crippen LogP contribution >= 0.6 is 0 Å². The Labute approximate surface area is 59.0 Å². The van der Waals surface area contributed by atoms with E-state index in [-0.39, 0.29) is 5.91 Å². The van der Waals surface area contributed by atoms with Gasteiger partial charge in [-0.1, -0.05) is 0 Å². The zero-order chi connectivity index (χ0) is 7.40. The average molecular weight is 139 g/mol. The van der Waals surface area contributed by atoms with Crippen molar-refractivity contribution in [3.8, 4) is 0 Å². The molecule has 1 amide bonds. The van der Waals surface area contributed by atoms with Crippen molar-refractivity contribution < 1.29 is 4.79 Å². The van der Waals surface area contributed by atoms with Crippen LogP contribution in [0.3, 0.4) is 0 Å².